The Kier molecular flexibility index (Phi) is 9.90. The van der Waals surface area contributed by atoms with E-state index in [0.29, 0.717) is 18.8 Å². The van der Waals surface area contributed by atoms with E-state index in [-0.39, 0.29) is 12.8 Å². The zero-order chi connectivity index (χ0) is 18.7. The van der Waals surface area contributed by atoms with Crippen LogP contribution in [-0.2, 0) is 28.9 Å². The lowest BCUT2D eigenvalue weighted by atomic mass is 9.93. The first-order valence-corrected chi connectivity index (χ1v) is 9.42. The van der Waals surface area contributed by atoms with E-state index in [1.54, 1.807) is 0 Å². The number of aliphatic carboxylic acids is 2. The molecule has 0 aromatic heterocycles. The number of unbranched alkanes of at least 4 members (excludes halogenated alkanes) is 2. The van der Waals surface area contributed by atoms with E-state index < -0.39 is 11.9 Å². The Morgan fingerprint density at radius 3 is 1.92 bits per heavy atom. The van der Waals surface area contributed by atoms with Gasteiger partial charge in [-0.15, -0.1) is 0 Å². The molecule has 140 valence electrons. The van der Waals surface area contributed by atoms with Gasteiger partial charge in [0.15, 0.2) is 0 Å². The molecule has 1 aromatic carbocycles. The molecule has 1 rings (SSSR count). The Hall–Kier alpha value is -1.84. The molecule has 0 fully saturated rings. The Labute approximate surface area is 151 Å². The van der Waals surface area contributed by atoms with E-state index in [2.05, 4.69) is 32.0 Å². The number of rotatable bonds is 13. The summed E-state index contributed by atoms with van der Waals surface area (Å²) >= 11 is 0. The zero-order valence-corrected chi connectivity index (χ0v) is 15.6. The van der Waals surface area contributed by atoms with Crippen molar-refractivity contribution < 1.29 is 19.8 Å². The molecule has 4 nitrogen and oxygen atoms in total. The predicted molar refractivity (Wildman–Crippen MR) is 100.0 cm³/mol. The summed E-state index contributed by atoms with van der Waals surface area (Å²) in [6.07, 6.45) is 7.62. The van der Waals surface area contributed by atoms with Crippen molar-refractivity contribution in [3.8, 4) is 0 Å². The number of carboxylic acids is 2. The van der Waals surface area contributed by atoms with Gasteiger partial charge in [0.2, 0.25) is 0 Å². The van der Waals surface area contributed by atoms with Gasteiger partial charge in [-0.1, -0.05) is 32.0 Å². The Balaban J connectivity index is 2.67. The second kappa shape index (κ2) is 11.7. The van der Waals surface area contributed by atoms with Crippen LogP contribution >= 0.6 is 0 Å². The van der Waals surface area contributed by atoms with Gasteiger partial charge < -0.3 is 10.2 Å². The third kappa shape index (κ3) is 9.90. The SMILES string of the molecule is CC(C)CCc1ccc(CCCCC(=O)O)c(CCCCC(=O)O)c1. The number of hydrogen-bond acceptors (Lipinski definition) is 2. The summed E-state index contributed by atoms with van der Waals surface area (Å²) in [5, 5.41) is 17.5. The average Bonchev–Trinajstić information content (AvgIpc) is 2.54. The van der Waals surface area contributed by atoms with Gasteiger partial charge in [-0.2, -0.15) is 0 Å². The molecule has 0 unspecified atom stereocenters. The second-order valence-corrected chi connectivity index (χ2v) is 7.24. The van der Waals surface area contributed by atoms with Crippen molar-refractivity contribution in [1.29, 1.82) is 0 Å². The highest BCUT2D eigenvalue weighted by Crippen LogP contribution is 2.20. The lowest BCUT2D eigenvalue weighted by Crippen LogP contribution is -2.01. The minimum atomic E-state index is -0.738. The maximum Gasteiger partial charge on any atom is 0.303 e. The number of aryl methyl sites for hydroxylation is 3. The minimum Gasteiger partial charge on any atom is -0.481 e. The maximum atomic E-state index is 10.7. The summed E-state index contributed by atoms with van der Waals surface area (Å²) in [7, 11) is 0. The van der Waals surface area contributed by atoms with Crippen molar-refractivity contribution in [2.45, 2.75) is 78.1 Å². The first-order chi connectivity index (χ1) is 11.9. The molecule has 0 heterocycles. The van der Waals surface area contributed by atoms with Crippen LogP contribution in [0.3, 0.4) is 0 Å². The number of hydrogen-bond donors (Lipinski definition) is 2. The van der Waals surface area contributed by atoms with Crippen molar-refractivity contribution in [1.82, 2.24) is 0 Å². The summed E-state index contributed by atoms with van der Waals surface area (Å²) in [4.78, 5) is 21.3. The molecule has 0 amide bonds. The number of benzene rings is 1. The van der Waals surface area contributed by atoms with Gasteiger partial charge >= 0.3 is 11.9 Å². The first-order valence-electron chi connectivity index (χ1n) is 9.42. The minimum absolute atomic E-state index is 0.223. The monoisotopic (exact) mass is 348 g/mol. The summed E-state index contributed by atoms with van der Waals surface area (Å²) in [6.45, 7) is 4.45. The first kappa shape index (κ1) is 21.2. The second-order valence-electron chi connectivity index (χ2n) is 7.24. The van der Waals surface area contributed by atoms with Crippen molar-refractivity contribution in [2.24, 2.45) is 5.92 Å². The van der Waals surface area contributed by atoms with Gasteiger partial charge in [-0.25, -0.2) is 0 Å². The molecule has 0 saturated heterocycles. The zero-order valence-electron chi connectivity index (χ0n) is 15.6. The van der Waals surface area contributed by atoms with Crippen LogP contribution in [-0.4, -0.2) is 22.2 Å². The molecule has 0 bridgehead atoms. The van der Waals surface area contributed by atoms with Crippen LogP contribution in [0.15, 0.2) is 18.2 Å². The van der Waals surface area contributed by atoms with Crippen LogP contribution in [0.4, 0.5) is 0 Å². The molecular weight excluding hydrogens is 316 g/mol. The Morgan fingerprint density at radius 1 is 0.840 bits per heavy atom. The van der Waals surface area contributed by atoms with E-state index in [0.717, 1.165) is 38.5 Å². The molecule has 0 aliphatic rings. The summed E-state index contributed by atoms with van der Waals surface area (Å²) in [5.41, 5.74) is 3.94. The highest BCUT2D eigenvalue weighted by Gasteiger charge is 2.07. The Morgan fingerprint density at radius 2 is 1.40 bits per heavy atom. The lowest BCUT2D eigenvalue weighted by Gasteiger charge is -2.13. The fourth-order valence-corrected chi connectivity index (χ4v) is 2.95. The van der Waals surface area contributed by atoms with Crippen LogP contribution in [0.2, 0.25) is 0 Å². The van der Waals surface area contributed by atoms with Crippen LogP contribution < -0.4 is 0 Å². The Bertz CT molecular complexity index is 549. The third-order valence-corrected chi connectivity index (χ3v) is 4.45. The van der Waals surface area contributed by atoms with E-state index >= 15 is 0 Å². The van der Waals surface area contributed by atoms with E-state index in [1.165, 1.54) is 16.7 Å². The van der Waals surface area contributed by atoms with Crippen LogP contribution in [0.25, 0.3) is 0 Å². The van der Waals surface area contributed by atoms with E-state index in [9.17, 15) is 9.59 Å². The molecule has 4 heteroatoms. The van der Waals surface area contributed by atoms with Gasteiger partial charge in [0.25, 0.3) is 0 Å². The van der Waals surface area contributed by atoms with Crippen molar-refractivity contribution in [3.05, 3.63) is 34.9 Å². The smallest absolute Gasteiger partial charge is 0.303 e. The van der Waals surface area contributed by atoms with Gasteiger partial charge in [0.1, 0.15) is 0 Å². The fraction of sp³-hybridized carbons (Fsp3) is 0.619. The standard InChI is InChI=1S/C21H32O4/c1-16(2)11-12-17-13-14-18(7-3-5-9-20(22)23)19(15-17)8-4-6-10-21(24)25/h13-16H,3-12H2,1-2H3,(H,22,23)(H,24,25). The maximum absolute atomic E-state index is 10.7. The van der Waals surface area contributed by atoms with Gasteiger partial charge in [-0.05, 0) is 74.0 Å². The summed E-state index contributed by atoms with van der Waals surface area (Å²) in [5.74, 6) is -0.799. The van der Waals surface area contributed by atoms with Crippen LogP contribution in [0.1, 0.15) is 75.5 Å². The van der Waals surface area contributed by atoms with Crippen molar-refractivity contribution >= 4 is 11.9 Å². The third-order valence-electron chi connectivity index (χ3n) is 4.45. The van der Waals surface area contributed by atoms with E-state index in [1.807, 2.05) is 0 Å². The largest absolute Gasteiger partial charge is 0.481 e. The predicted octanol–water partition coefficient (Wildman–Crippen LogP) is 4.87. The average molecular weight is 348 g/mol. The molecule has 0 aliphatic carbocycles. The number of carbonyl (C=O) groups is 2. The molecule has 0 spiro atoms. The lowest BCUT2D eigenvalue weighted by molar-refractivity contribution is -0.138. The quantitative estimate of drug-likeness (QED) is 0.499. The molecule has 0 atom stereocenters. The molecule has 0 aliphatic heterocycles. The van der Waals surface area contributed by atoms with Crippen molar-refractivity contribution in [3.63, 3.8) is 0 Å². The van der Waals surface area contributed by atoms with E-state index in [4.69, 9.17) is 10.2 Å². The van der Waals surface area contributed by atoms with Gasteiger partial charge in [0, 0.05) is 12.8 Å². The molecule has 2 N–H and O–H groups in total. The van der Waals surface area contributed by atoms with Gasteiger partial charge in [0.05, 0.1) is 0 Å². The molecule has 0 saturated carbocycles. The highest BCUT2D eigenvalue weighted by molar-refractivity contribution is 5.66. The topological polar surface area (TPSA) is 74.6 Å². The van der Waals surface area contributed by atoms with Crippen molar-refractivity contribution in [2.75, 3.05) is 0 Å². The van der Waals surface area contributed by atoms with Gasteiger partial charge in [-0.3, -0.25) is 9.59 Å². The summed E-state index contributed by atoms with van der Waals surface area (Å²) < 4.78 is 0. The molecule has 1 aromatic rings. The highest BCUT2D eigenvalue weighted by atomic mass is 16.4. The normalized spacial score (nSPS) is 11.0. The fourth-order valence-electron chi connectivity index (χ4n) is 2.95. The number of carboxylic acid groups (broad SMARTS) is 2. The molecule has 0 radical (unpaired) electrons. The molecular formula is C21H32O4. The molecule has 25 heavy (non-hydrogen) atoms. The van der Waals surface area contributed by atoms with Crippen LogP contribution in [0, 0.1) is 5.92 Å². The summed E-state index contributed by atoms with van der Waals surface area (Å²) in [6, 6.07) is 6.65. The van der Waals surface area contributed by atoms with Crippen LogP contribution in [0.5, 0.6) is 0 Å².